The zero-order valence-corrected chi connectivity index (χ0v) is 12.8. The molecule has 0 aromatic carbocycles. The predicted molar refractivity (Wildman–Crippen MR) is 75.5 cm³/mol. The molecule has 0 spiro atoms. The number of hydrogen-bond donors (Lipinski definition) is 2. The molecule has 0 radical (unpaired) electrons. The molecule has 1 fully saturated rings. The van der Waals surface area contributed by atoms with Gasteiger partial charge in [0, 0.05) is 19.6 Å². The fraction of sp³-hybridized carbons (Fsp3) is 0.857. The second-order valence-electron chi connectivity index (χ2n) is 5.96. The molecule has 0 aromatic heterocycles. The molecule has 1 saturated heterocycles. The van der Waals surface area contributed by atoms with Gasteiger partial charge in [-0.1, -0.05) is 0 Å². The van der Waals surface area contributed by atoms with Gasteiger partial charge in [0.2, 0.25) is 0 Å². The molecular formula is C14H26N2O4. The predicted octanol–water partition coefficient (Wildman–Crippen LogP) is 1.38. The van der Waals surface area contributed by atoms with Crippen LogP contribution in [0.3, 0.4) is 0 Å². The van der Waals surface area contributed by atoms with E-state index in [-0.39, 0.29) is 18.1 Å². The van der Waals surface area contributed by atoms with Crippen molar-refractivity contribution >= 4 is 12.0 Å². The number of aliphatic hydroxyl groups is 1. The van der Waals surface area contributed by atoms with Gasteiger partial charge in [-0.25, -0.2) is 9.59 Å². The molecule has 1 heterocycles. The minimum Gasteiger partial charge on any atom is -0.480 e. The van der Waals surface area contributed by atoms with Gasteiger partial charge < -0.3 is 20.0 Å². The summed E-state index contributed by atoms with van der Waals surface area (Å²) in [6, 6.07) is -0.232. The Morgan fingerprint density at radius 3 is 2.20 bits per heavy atom. The van der Waals surface area contributed by atoms with Crippen LogP contribution in [0.5, 0.6) is 0 Å². The van der Waals surface area contributed by atoms with E-state index in [1.165, 1.54) is 4.90 Å². The highest BCUT2D eigenvalue weighted by Crippen LogP contribution is 2.23. The van der Waals surface area contributed by atoms with Gasteiger partial charge in [0.05, 0.1) is 6.10 Å². The molecule has 1 unspecified atom stereocenters. The number of carboxylic acid groups (broad SMARTS) is 1. The molecule has 1 aliphatic rings. The number of carbonyl (C=O) groups excluding carboxylic acids is 1. The molecule has 0 bridgehead atoms. The first kappa shape index (κ1) is 16.8. The van der Waals surface area contributed by atoms with E-state index >= 15 is 0 Å². The summed E-state index contributed by atoms with van der Waals surface area (Å²) >= 11 is 0. The minimum absolute atomic E-state index is 0.224. The summed E-state index contributed by atoms with van der Waals surface area (Å²) in [6.45, 7) is 8.13. The third-order valence-electron chi connectivity index (χ3n) is 4.24. The van der Waals surface area contributed by atoms with Crippen LogP contribution in [0.25, 0.3) is 0 Å². The van der Waals surface area contributed by atoms with Crippen molar-refractivity contribution in [1.82, 2.24) is 9.80 Å². The molecule has 2 N–H and O–H groups in total. The summed E-state index contributed by atoms with van der Waals surface area (Å²) in [7, 11) is 0. The molecule has 0 saturated carbocycles. The number of amides is 2. The van der Waals surface area contributed by atoms with Crippen LogP contribution < -0.4 is 0 Å². The molecular weight excluding hydrogens is 260 g/mol. The van der Waals surface area contributed by atoms with E-state index in [9.17, 15) is 19.8 Å². The van der Waals surface area contributed by atoms with E-state index in [1.54, 1.807) is 32.6 Å². The van der Waals surface area contributed by atoms with Gasteiger partial charge in [-0.05, 0) is 46.5 Å². The highest BCUT2D eigenvalue weighted by molar-refractivity contribution is 5.85. The first-order valence-corrected chi connectivity index (χ1v) is 7.19. The van der Waals surface area contributed by atoms with Gasteiger partial charge in [-0.15, -0.1) is 0 Å². The Morgan fingerprint density at radius 2 is 1.85 bits per heavy atom. The summed E-state index contributed by atoms with van der Waals surface area (Å²) in [5.74, 6) is -0.784. The molecule has 6 heteroatoms. The van der Waals surface area contributed by atoms with E-state index in [2.05, 4.69) is 0 Å². The van der Waals surface area contributed by atoms with E-state index < -0.39 is 11.5 Å². The average Bonchev–Trinajstić information content (AvgIpc) is 2.39. The van der Waals surface area contributed by atoms with E-state index in [0.29, 0.717) is 19.6 Å². The molecule has 0 aromatic rings. The fourth-order valence-corrected chi connectivity index (χ4v) is 2.63. The molecule has 20 heavy (non-hydrogen) atoms. The van der Waals surface area contributed by atoms with Gasteiger partial charge in [-0.2, -0.15) is 0 Å². The maximum Gasteiger partial charge on any atom is 0.329 e. The Hall–Kier alpha value is -1.30. The Labute approximate surface area is 120 Å². The number of carbonyl (C=O) groups is 2. The van der Waals surface area contributed by atoms with E-state index in [1.807, 2.05) is 0 Å². The van der Waals surface area contributed by atoms with Crippen molar-refractivity contribution in [2.45, 2.75) is 52.2 Å². The van der Waals surface area contributed by atoms with Crippen LogP contribution in [-0.2, 0) is 4.79 Å². The molecule has 0 aliphatic carbocycles. The lowest BCUT2D eigenvalue weighted by Crippen LogP contribution is -2.58. The number of aliphatic carboxylic acids is 1. The van der Waals surface area contributed by atoms with Crippen LogP contribution in [0.1, 0.15) is 40.5 Å². The van der Waals surface area contributed by atoms with Crippen molar-refractivity contribution in [2.75, 3.05) is 19.6 Å². The summed E-state index contributed by atoms with van der Waals surface area (Å²) in [5.41, 5.74) is -1.22. The number of carboxylic acids is 1. The second-order valence-corrected chi connectivity index (χ2v) is 5.96. The van der Waals surface area contributed by atoms with Gasteiger partial charge >= 0.3 is 12.0 Å². The Morgan fingerprint density at radius 1 is 1.35 bits per heavy atom. The summed E-state index contributed by atoms with van der Waals surface area (Å²) in [6.07, 6.45) is 1.16. The topological polar surface area (TPSA) is 81.1 Å². The van der Waals surface area contributed by atoms with Crippen LogP contribution in [0.4, 0.5) is 4.79 Å². The number of likely N-dealkylation sites (tertiary alicyclic amines) is 1. The Kier molecular flexibility index (Phi) is 5.39. The average molecular weight is 286 g/mol. The van der Waals surface area contributed by atoms with Gasteiger partial charge in [-0.3, -0.25) is 0 Å². The number of nitrogens with zero attached hydrogens (tertiary/aromatic N) is 2. The third-order valence-corrected chi connectivity index (χ3v) is 4.24. The van der Waals surface area contributed by atoms with Gasteiger partial charge in [0.1, 0.15) is 5.54 Å². The Bertz CT molecular complexity index is 360. The molecule has 2 amide bonds. The van der Waals surface area contributed by atoms with Crippen molar-refractivity contribution in [3.63, 3.8) is 0 Å². The lowest BCUT2D eigenvalue weighted by molar-refractivity contribution is -0.147. The lowest BCUT2D eigenvalue weighted by atomic mass is 9.92. The minimum atomic E-state index is -1.22. The van der Waals surface area contributed by atoms with Gasteiger partial charge in [0.25, 0.3) is 0 Å². The van der Waals surface area contributed by atoms with Crippen molar-refractivity contribution in [3.05, 3.63) is 0 Å². The molecule has 1 aliphatic heterocycles. The quantitative estimate of drug-likeness (QED) is 0.818. The van der Waals surface area contributed by atoms with Crippen molar-refractivity contribution < 1.29 is 19.8 Å². The summed E-state index contributed by atoms with van der Waals surface area (Å²) < 4.78 is 0. The smallest absolute Gasteiger partial charge is 0.329 e. The zero-order valence-electron chi connectivity index (χ0n) is 12.8. The number of urea groups is 1. The number of piperidine rings is 1. The molecule has 6 nitrogen and oxygen atoms in total. The Balaban J connectivity index is 2.72. The first-order chi connectivity index (χ1) is 9.21. The lowest BCUT2D eigenvalue weighted by Gasteiger charge is -2.41. The number of hydrogen-bond acceptors (Lipinski definition) is 3. The normalized spacial score (nSPS) is 18.8. The number of likely N-dealkylation sites (N-methyl/N-ethyl adjacent to an activating group) is 1. The van der Waals surface area contributed by atoms with Crippen LogP contribution in [0.2, 0.25) is 0 Å². The maximum atomic E-state index is 12.5. The van der Waals surface area contributed by atoms with Crippen LogP contribution in [0.15, 0.2) is 0 Å². The van der Waals surface area contributed by atoms with Crippen molar-refractivity contribution in [1.29, 1.82) is 0 Å². The molecule has 116 valence electrons. The zero-order chi connectivity index (χ0) is 15.5. The molecule has 1 atom stereocenters. The van der Waals surface area contributed by atoms with Crippen LogP contribution in [0, 0.1) is 5.92 Å². The summed E-state index contributed by atoms with van der Waals surface area (Å²) in [5, 5.41) is 18.8. The van der Waals surface area contributed by atoms with Crippen molar-refractivity contribution in [2.24, 2.45) is 5.92 Å². The number of rotatable bonds is 4. The highest BCUT2D eigenvalue weighted by atomic mass is 16.4. The van der Waals surface area contributed by atoms with Crippen molar-refractivity contribution in [3.8, 4) is 0 Å². The SMILES string of the molecule is CCN(C(=O)N1CCC(C(C)O)CC1)C(C)(C)C(=O)O. The fourth-order valence-electron chi connectivity index (χ4n) is 2.63. The third kappa shape index (κ3) is 3.42. The van der Waals surface area contributed by atoms with Gasteiger partial charge in [0.15, 0.2) is 0 Å². The largest absolute Gasteiger partial charge is 0.480 e. The highest BCUT2D eigenvalue weighted by Gasteiger charge is 2.39. The standard InChI is InChI=1S/C14H26N2O4/c1-5-16(14(3,4)12(18)19)13(20)15-8-6-11(7-9-15)10(2)17/h10-11,17H,5-9H2,1-4H3,(H,18,19). The van der Waals surface area contributed by atoms with Crippen LogP contribution in [-0.4, -0.2) is 63.3 Å². The van der Waals surface area contributed by atoms with E-state index in [0.717, 1.165) is 12.8 Å². The second kappa shape index (κ2) is 6.43. The van der Waals surface area contributed by atoms with E-state index in [4.69, 9.17) is 0 Å². The first-order valence-electron chi connectivity index (χ1n) is 7.19. The maximum absolute atomic E-state index is 12.5. The van der Waals surface area contributed by atoms with Crippen LogP contribution >= 0.6 is 0 Å². The monoisotopic (exact) mass is 286 g/mol. The summed E-state index contributed by atoms with van der Waals surface area (Å²) in [4.78, 5) is 26.9. The number of aliphatic hydroxyl groups excluding tert-OH is 1. The molecule has 1 rings (SSSR count).